The third-order valence-electron chi connectivity index (χ3n) is 5.14. The van der Waals surface area contributed by atoms with Gasteiger partial charge in [-0.3, -0.25) is 0 Å². The molecule has 11 heteroatoms. The quantitative estimate of drug-likeness (QED) is 0.478. The van der Waals surface area contributed by atoms with Crippen molar-refractivity contribution in [2.24, 2.45) is 5.92 Å². The SMILES string of the molecule is O=S(=O)(c1cccc2nsnc12)N1CCC(COc2ccc3nccn3n2)CC1. The Morgan fingerprint density at radius 1 is 1.14 bits per heavy atom. The van der Waals surface area contributed by atoms with Crippen molar-refractivity contribution in [1.82, 2.24) is 27.7 Å². The molecule has 29 heavy (non-hydrogen) atoms. The van der Waals surface area contributed by atoms with E-state index in [1.807, 2.05) is 6.07 Å². The Morgan fingerprint density at radius 2 is 2.00 bits per heavy atom. The molecule has 0 bridgehead atoms. The van der Waals surface area contributed by atoms with Crippen LogP contribution in [0.5, 0.6) is 5.88 Å². The molecule has 9 nitrogen and oxygen atoms in total. The van der Waals surface area contributed by atoms with Crippen LogP contribution in [0, 0.1) is 5.92 Å². The second-order valence-electron chi connectivity index (χ2n) is 6.95. The van der Waals surface area contributed by atoms with E-state index in [2.05, 4.69) is 18.8 Å². The highest BCUT2D eigenvalue weighted by Gasteiger charge is 2.31. The third kappa shape index (κ3) is 3.45. The summed E-state index contributed by atoms with van der Waals surface area (Å²) in [7, 11) is -3.59. The maximum Gasteiger partial charge on any atom is 0.245 e. The fourth-order valence-electron chi connectivity index (χ4n) is 3.52. The highest BCUT2D eigenvalue weighted by atomic mass is 32.2. The fraction of sp³-hybridized carbons (Fsp3) is 0.333. The van der Waals surface area contributed by atoms with Crippen molar-refractivity contribution in [2.75, 3.05) is 19.7 Å². The van der Waals surface area contributed by atoms with Gasteiger partial charge in [-0.05, 0) is 37.0 Å². The summed E-state index contributed by atoms with van der Waals surface area (Å²) in [5, 5.41) is 4.35. The number of nitrogens with zero attached hydrogens (tertiary/aromatic N) is 6. The van der Waals surface area contributed by atoms with Crippen LogP contribution in [-0.2, 0) is 10.0 Å². The molecule has 0 aliphatic carbocycles. The highest BCUT2D eigenvalue weighted by molar-refractivity contribution is 7.89. The number of benzene rings is 1. The van der Waals surface area contributed by atoms with Crippen molar-refractivity contribution in [2.45, 2.75) is 17.7 Å². The van der Waals surface area contributed by atoms with Crippen LogP contribution in [0.1, 0.15) is 12.8 Å². The number of aromatic nitrogens is 5. The van der Waals surface area contributed by atoms with E-state index in [0.29, 0.717) is 36.6 Å². The molecule has 4 heterocycles. The van der Waals surface area contributed by atoms with Gasteiger partial charge in [-0.25, -0.2) is 17.9 Å². The second kappa shape index (κ2) is 7.32. The van der Waals surface area contributed by atoms with E-state index in [1.54, 1.807) is 41.2 Å². The average Bonchev–Trinajstić information content (AvgIpc) is 3.41. The van der Waals surface area contributed by atoms with E-state index < -0.39 is 10.0 Å². The van der Waals surface area contributed by atoms with E-state index >= 15 is 0 Å². The maximum absolute atomic E-state index is 13.1. The molecular weight excluding hydrogens is 412 g/mol. The molecule has 0 atom stereocenters. The van der Waals surface area contributed by atoms with Crippen LogP contribution < -0.4 is 4.74 Å². The molecule has 1 aliphatic rings. The lowest BCUT2D eigenvalue weighted by molar-refractivity contribution is 0.179. The summed E-state index contributed by atoms with van der Waals surface area (Å²) in [6, 6.07) is 8.74. The van der Waals surface area contributed by atoms with Crippen molar-refractivity contribution < 1.29 is 13.2 Å². The van der Waals surface area contributed by atoms with Gasteiger partial charge in [0.1, 0.15) is 15.9 Å². The van der Waals surface area contributed by atoms with Crippen LogP contribution in [0.2, 0.25) is 0 Å². The molecule has 0 N–H and O–H groups in total. The summed E-state index contributed by atoms with van der Waals surface area (Å²) < 4.78 is 43.5. The maximum atomic E-state index is 13.1. The molecular formula is C18H18N6O3S2. The first-order chi connectivity index (χ1) is 14.1. The molecule has 4 aromatic rings. The van der Waals surface area contributed by atoms with Crippen LogP contribution >= 0.6 is 11.7 Å². The first-order valence-corrected chi connectivity index (χ1v) is 11.4. The summed E-state index contributed by atoms with van der Waals surface area (Å²) >= 11 is 1.02. The van der Waals surface area contributed by atoms with Crippen LogP contribution in [0.3, 0.4) is 0 Å². The van der Waals surface area contributed by atoms with Gasteiger partial charge < -0.3 is 4.74 Å². The Kier molecular flexibility index (Phi) is 4.64. The summed E-state index contributed by atoms with van der Waals surface area (Å²) in [6.07, 6.45) is 4.92. The van der Waals surface area contributed by atoms with Crippen LogP contribution in [0.4, 0.5) is 0 Å². The van der Waals surface area contributed by atoms with Crippen LogP contribution in [0.25, 0.3) is 16.7 Å². The Morgan fingerprint density at radius 3 is 2.86 bits per heavy atom. The van der Waals surface area contributed by atoms with E-state index in [4.69, 9.17) is 4.74 Å². The summed E-state index contributed by atoms with van der Waals surface area (Å²) in [5.74, 6) is 0.812. The van der Waals surface area contributed by atoms with Gasteiger partial charge in [0.2, 0.25) is 15.9 Å². The Labute approximate surface area is 171 Å². The van der Waals surface area contributed by atoms with Crippen molar-refractivity contribution in [1.29, 1.82) is 0 Å². The molecule has 1 saturated heterocycles. The fourth-order valence-corrected chi connectivity index (χ4v) is 5.75. The van der Waals surface area contributed by atoms with Crippen molar-refractivity contribution in [3.05, 3.63) is 42.7 Å². The predicted molar refractivity (Wildman–Crippen MR) is 107 cm³/mol. The molecule has 1 fully saturated rings. The number of rotatable bonds is 5. The molecule has 0 unspecified atom stereocenters. The third-order valence-corrected chi connectivity index (χ3v) is 7.61. The van der Waals surface area contributed by atoms with Gasteiger partial charge in [0.25, 0.3) is 0 Å². The number of hydrogen-bond acceptors (Lipinski definition) is 8. The normalized spacial score (nSPS) is 16.6. The van der Waals surface area contributed by atoms with E-state index in [1.165, 1.54) is 4.31 Å². The predicted octanol–water partition coefficient (Wildman–Crippen LogP) is 2.21. The number of sulfonamides is 1. The number of imidazole rings is 1. The van der Waals surface area contributed by atoms with Gasteiger partial charge in [0.05, 0.1) is 18.3 Å². The first kappa shape index (κ1) is 18.4. The van der Waals surface area contributed by atoms with E-state index in [-0.39, 0.29) is 10.8 Å². The summed E-state index contributed by atoms with van der Waals surface area (Å²) in [4.78, 5) is 4.39. The molecule has 1 aliphatic heterocycles. The topological polar surface area (TPSA) is 103 Å². The van der Waals surface area contributed by atoms with Crippen molar-refractivity contribution in [3.63, 3.8) is 0 Å². The molecule has 0 radical (unpaired) electrons. The minimum absolute atomic E-state index is 0.233. The molecule has 0 saturated carbocycles. The zero-order chi connectivity index (χ0) is 19.8. The zero-order valence-corrected chi connectivity index (χ0v) is 17.0. The highest BCUT2D eigenvalue weighted by Crippen LogP contribution is 2.28. The molecule has 150 valence electrons. The Bertz CT molecular complexity index is 1260. The number of fused-ring (bicyclic) bond motifs is 2. The molecule has 1 aromatic carbocycles. The van der Waals surface area contributed by atoms with Crippen molar-refractivity contribution >= 4 is 38.4 Å². The second-order valence-corrected chi connectivity index (χ2v) is 9.38. The minimum atomic E-state index is -3.59. The number of hydrogen-bond donors (Lipinski definition) is 0. The Balaban J connectivity index is 1.23. The molecule has 5 rings (SSSR count). The lowest BCUT2D eigenvalue weighted by Crippen LogP contribution is -2.39. The van der Waals surface area contributed by atoms with Gasteiger partial charge in [-0.1, -0.05) is 6.07 Å². The monoisotopic (exact) mass is 430 g/mol. The molecule has 0 spiro atoms. The smallest absolute Gasteiger partial charge is 0.245 e. The van der Waals surface area contributed by atoms with Gasteiger partial charge >= 0.3 is 0 Å². The number of ether oxygens (including phenoxy) is 1. The van der Waals surface area contributed by atoms with Crippen LogP contribution in [0.15, 0.2) is 47.6 Å². The van der Waals surface area contributed by atoms with Gasteiger partial charge in [-0.2, -0.15) is 13.1 Å². The standard InChI is InChI=1S/C18H18N6O3S2/c25-29(26,15-3-1-2-14-18(15)22-28-21-14)23-9-6-13(7-10-23)12-27-17-5-4-16-19-8-11-24(16)20-17/h1-5,8,11,13H,6-7,9-10,12H2. The molecule has 0 amide bonds. The lowest BCUT2D eigenvalue weighted by atomic mass is 9.99. The first-order valence-electron chi connectivity index (χ1n) is 9.26. The zero-order valence-electron chi connectivity index (χ0n) is 15.4. The Hall–Kier alpha value is -2.63. The van der Waals surface area contributed by atoms with Gasteiger partial charge in [0.15, 0.2) is 5.65 Å². The van der Waals surface area contributed by atoms with Gasteiger partial charge in [0, 0.05) is 31.5 Å². The minimum Gasteiger partial charge on any atom is -0.476 e. The lowest BCUT2D eigenvalue weighted by Gasteiger charge is -2.31. The average molecular weight is 431 g/mol. The molecule has 3 aromatic heterocycles. The van der Waals surface area contributed by atoms with E-state index in [9.17, 15) is 8.42 Å². The van der Waals surface area contributed by atoms with Crippen molar-refractivity contribution in [3.8, 4) is 5.88 Å². The largest absolute Gasteiger partial charge is 0.476 e. The summed E-state index contributed by atoms with van der Waals surface area (Å²) in [6.45, 7) is 1.42. The summed E-state index contributed by atoms with van der Waals surface area (Å²) in [5.41, 5.74) is 1.83. The van der Waals surface area contributed by atoms with Crippen LogP contribution in [-0.4, -0.2) is 55.8 Å². The number of piperidine rings is 1. The van der Waals surface area contributed by atoms with E-state index in [0.717, 1.165) is 30.2 Å². The van der Waals surface area contributed by atoms with Gasteiger partial charge in [-0.15, -0.1) is 5.10 Å².